The number of halogens is 1. The molecule has 0 aromatic heterocycles. The van der Waals surface area contributed by atoms with E-state index >= 15 is 0 Å². The van der Waals surface area contributed by atoms with Gasteiger partial charge in [0.05, 0.1) is 12.7 Å². The Balaban J connectivity index is 3.01. The standard InChI is InChI=1S/C6H11ClO2/c1-5(2)9-4-3-6(7)8/h5H,3-4H2,1-2H3. The van der Waals surface area contributed by atoms with Crippen LogP contribution in [0.2, 0.25) is 0 Å². The van der Waals surface area contributed by atoms with Crippen molar-refractivity contribution in [3.63, 3.8) is 0 Å². The van der Waals surface area contributed by atoms with Gasteiger partial charge in [-0.15, -0.1) is 0 Å². The van der Waals surface area contributed by atoms with Crippen LogP contribution in [0.15, 0.2) is 0 Å². The zero-order valence-electron chi connectivity index (χ0n) is 5.69. The molecule has 9 heavy (non-hydrogen) atoms. The highest BCUT2D eigenvalue weighted by Crippen LogP contribution is 1.92. The van der Waals surface area contributed by atoms with Crippen LogP contribution in [0.3, 0.4) is 0 Å². The summed E-state index contributed by atoms with van der Waals surface area (Å²) in [5, 5.41) is -0.337. The summed E-state index contributed by atoms with van der Waals surface area (Å²) >= 11 is 5.04. The average molecular weight is 151 g/mol. The molecule has 3 heteroatoms. The summed E-state index contributed by atoms with van der Waals surface area (Å²) in [6.07, 6.45) is 0.487. The van der Waals surface area contributed by atoms with E-state index in [0.717, 1.165) is 0 Å². The van der Waals surface area contributed by atoms with Crippen LogP contribution >= 0.6 is 11.6 Å². The molecule has 0 N–H and O–H groups in total. The quantitative estimate of drug-likeness (QED) is 0.569. The Labute approximate surface area is 60.1 Å². The molecule has 0 bridgehead atoms. The van der Waals surface area contributed by atoms with E-state index in [4.69, 9.17) is 16.3 Å². The highest BCUT2D eigenvalue weighted by molar-refractivity contribution is 6.63. The van der Waals surface area contributed by atoms with Gasteiger partial charge in [-0.05, 0) is 25.4 Å². The molecular formula is C6H11ClO2. The molecule has 0 aromatic rings. The van der Waals surface area contributed by atoms with Crippen molar-refractivity contribution in [3.05, 3.63) is 0 Å². The summed E-state index contributed by atoms with van der Waals surface area (Å²) in [5.74, 6) is 0. The van der Waals surface area contributed by atoms with E-state index in [0.29, 0.717) is 13.0 Å². The molecule has 0 unspecified atom stereocenters. The Morgan fingerprint density at radius 1 is 1.67 bits per heavy atom. The topological polar surface area (TPSA) is 26.3 Å². The van der Waals surface area contributed by atoms with Crippen molar-refractivity contribution in [1.29, 1.82) is 0 Å². The molecule has 0 radical (unpaired) electrons. The molecule has 0 aromatic carbocycles. The molecule has 2 nitrogen and oxygen atoms in total. The predicted molar refractivity (Wildman–Crippen MR) is 36.6 cm³/mol. The molecule has 0 heterocycles. The van der Waals surface area contributed by atoms with Crippen LogP contribution in [0.5, 0.6) is 0 Å². The van der Waals surface area contributed by atoms with Gasteiger partial charge in [0, 0.05) is 6.42 Å². The van der Waals surface area contributed by atoms with Gasteiger partial charge < -0.3 is 4.74 Å². The molecule has 0 amide bonds. The van der Waals surface area contributed by atoms with Crippen LogP contribution in [-0.4, -0.2) is 18.0 Å². The summed E-state index contributed by atoms with van der Waals surface area (Å²) in [5.41, 5.74) is 0. The Hall–Kier alpha value is -0.0800. The SMILES string of the molecule is CC(C)OCCC(=O)Cl. The molecule has 0 saturated carbocycles. The lowest BCUT2D eigenvalue weighted by Crippen LogP contribution is -2.05. The van der Waals surface area contributed by atoms with Crippen LogP contribution < -0.4 is 0 Å². The first-order chi connectivity index (χ1) is 4.13. The van der Waals surface area contributed by atoms with Gasteiger partial charge >= 0.3 is 0 Å². The smallest absolute Gasteiger partial charge is 0.223 e. The van der Waals surface area contributed by atoms with Crippen molar-refractivity contribution < 1.29 is 9.53 Å². The molecule has 0 aliphatic carbocycles. The molecular weight excluding hydrogens is 140 g/mol. The van der Waals surface area contributed by atoms with Crippen LogP contribution in [0.1, 0.15) is 20.3 Å². The van der Waals surface area contributed by atoms with E-state index in [2.05, 4.69) is 0 Å². The Kier molecular flexibility index (Phi) is 4.72. The largest absolute Gasteiger partial charge is 0.378 e. The lowest BCUT2D eigenvalue weighted by Gasteiger charge is -2.03. The van der Waals surface area contributed by atoms with Crippen molar-refractivity contribution in [3.8, 4) is 0 Å². The van der Waals surface area contributed by atoms with Gasteiger partial charge in [-0.3, -0.25) is 4.79 Å². The van der Waals surface area contributed by atoms with Crippen LogP contribution in [0.25, 0.3) is 0 Å². The van der Waals surface area contributed by atoms with Crippen molar-refractivity contribution in [2.45, 2.75) is 26.4 Å². The summed E-state index contributed by atoms with van der Waals surface area (Å²) in [6.45, 7) is 4.26. The fraction of sp³-hybridized carbons (Fsp3) is 0.833. The second-order valence-corrected chi connectivity index (χ2v) is 2.45. The van der Waals surface area contributed by atoms with Gasteiger partial charge in [0.15, 0.2) is 0 Å². The number of ether oxygens (including phenoxy) is 1. The number of rotatable bonds is 4. The fourth-order valence-corrected chi connectivity index (χ4v) is 0.452. The minimum Gasteiger partial charge on any atom is -0.378 e. The van der Waals surface area contributed by atoms with Crippen LogP contribution in [-0.2, 0) is 9.53 Å². The highest BCUT2D eigenvalue weighted by atomic mass is 35.5. The third-order valence-corrected chi connectivity index (χ3v) is 0.939. The maximum atomic E-state index is 10.1. The molecule has 0 rings (SSSR count). The highest BCUT2D eigenvalue weighted by Gasteiger charge is 1.96. The summed E-state index contributed by atoms with van der Waals surface area (Å²) < 4.78 is 5.05. The number of carbonyl (C=O) groups excluding carboxylic acids is 1. The first-order valence-corrected chi connectivity index (χ1v) is 3.30. The Bertz CT molecular complexity index is 91.1. The monoisotopic (exact) mass is 150 g/mol. The van der Waals surface area contributed by atoms with E-state index in [-0.39, 0.29) is 11.3 Å². The van der Waals surface area contributed by atoms with Gasteiger partial charge in [0.2, 0.25) is 5.24 Å². The van der Waals surface area contributed by atoms with Crippen LogP contribution in [0.4, 0.5) is 0 Å². The second kappa shape index (κ2) is 4.77. The van der Waals surface area contributed by atoms with E-state index < -0.39 is 0 Å². The summed E-state index contributed by atoms with van der Waals surface area (Å²) in [6, 6.07) is 0. The van der Waals surface area contributed by atoms with Crippen LogP contribution in [0, 0.1) is 0 Å². The van der Waals surface area contributed by atoms with Crippen molar-refractivity contribution in [1.82, 2.24) is 0 Å². The molecule has 0 atom stereocenters. The van der Waals surface area contributed by atoms with Crippen molar-refractivity contribution in [2.24, 2.45) is 0 Å². The summed E-state index contributed by atoms with van der Waals surface area (Å²) in [7, 11) is 0. The first kappa shape index (κ1) is 8.92. The van der Waals surface area contributed by atoms with Gasteiger partial charge in [0.1, 0.15) is 0 Å². The van der Waals surface area contributed by atoms with Gasteiger partial charge in [-0.1, -0.05) is 0 Å². The molecule has 0 fully saturated rings. The fourth-order valence-electron chi connectivity index (χ4n) is 0.375. The molecule has 0 saturated heterocycles. The van der Waals surface area contributed by atoms with Gasteiger partial charge in [0.25, 0.3) is 0 Å². The molecule has 54 valence electrons. The Morgan fingerprint density at radius 3 is 2.56 bits per heavy atom. The minimum absolute atomic E-state index is 0.181. The van der Waals surface area contributed by atoms with E-state index in [1.165, 1.54) is 0 Å². The Morgan fingerprint density at radius 2 is 2.22 bits per heavy atom. The number of hydrogen-bond donors (Lipinski definition) is 0. The normalized spacial score (nSPS) is 10.2. The number of hydrogen-bond acceptors (Lipinski definition) is 2. The minimum atomic E-state index is -0.337. The molecule has 0 aliphatic heterocycles. The van der Waals surface area contributed by atoms with E-state index in [1.54, 1.807) is 0 Å². The molecule has 0 spiro atoms. The molecule has 0 aliphatic rings. The third kappa shape index (κ3) is 7.92. The average Bonchev–Trinajstić information content (AvgIpc) is 1.63. The second-order valence-electron chi connectivity index (χ2n) is 2.02. The lowest BCUT2D eigenvalue weighted by molar-refractivity contribution is -0.112. The predicted octanol–water partition coefficient (Wildman–Crippen LogP) is 1.57. The van der Waals surface area contributed by atoms with E-state index in [1.807, 2.05) is 13.8 Å². The maximum absolute atomic E-state index is 10.1. The maximum Gasteiger partial charge on any atom is 0.223 e. The summed E-state index contributed by atoms with van der Waals surface area (Å²) in [4.78, 5) is 10.1. The first-order valence-electron chi connectivity index (χ1n) is 2.93. The van der Waals surface area contributed by atoms with Crippen molar-refractivity contribution in [2.75, 3.05) is 6.61 Å². The zero-order valence-corrected chi connectivity index (χ0v) is 6.44. The van der Waals surface area contributed by atoms with E-state index in [9.17, 15) is 4.79 Å². The van der Waals surface area contributed by atoms with Gasteiger partial charge in [-0.2, -0.15) is 0 Å². The number of carbonyl (C=O) groups is 1. The lowest BCUT2D eigenvalue weighted by atomic mass is 10.4. The zero-order chi connectivity index (χ0) is 7.28. The third-order valence-electron chi connectivity index (χ3n) is 0.750. The van der Waals surface area contributed by atoms with Crippen molar-refractivity contribution >= 4 is 16.8 Å². The van der Waals surface area contributed by atoms with Gasteiger partial charge in [-0.25, -0.2) is 0 Å².